The first-order chi connectivity index (χ1) is 11.4. The SMILES string of the molecule is CN1CC2(CCC1=O)CCN(C(=O)[C@@H](O)c1cccc(Cl)c1)CC2. The van der Waals surface area contributed by atoms with Crippen LogP contribution in [0.4, 0.5) is 0 Å². The summed E-state index contributed by atoms with van der Waals surface area (Å²) < 4.78 is 0. The minimum absolute atomic E-state index is 0.125. The largest absolute Gasteiger partial charge is 0.378 e. The summed E-state index contributed by atoms with van der Waals surface area (Å²) in [5.74, 6) is -0.0668. The molecule has 1 aromatic carbocycles. The van der Waals surface area contributed by atoms with Crippen molar-refractivity contribution in [3.8, 4) is 0 Å². The van der Waals surface area contributed by atoms with Crippen molar-refractivity contribution in [2.45, 2.75) is 31.8 Å². The number of amides is 2. The number of halogens is 1. The Morgan fingerprint density at radius 1 is 1.29 bits per heavy atom. The van der Waals surface area contributed by atoms with Crippen molar-refractivity contribution in [1.29, 1.82) is 0 Å². The number of hydrogen-bond donors (Lipinski definition) is 1. The lowest BCUT2D eigenvalue weighted by atomic mass is 9.72. The number of carbonyl (C=O) groups excluding carboxylic acids is 2. The number of nitrogens with zero attached hydrogens (tertiary/aromatic N) is 2. The Hall–Kier alpha value is -1.59. The van der Waals surface area contributed by atoms with E-state index >= 15 is 0 Å². The number of carbonyl (C=O) groups is 2. The highest BCUT2D eigenvalue weighted by molar-refractivity contribution is 6.30. The molecule has 1 spiro atoms. The van der Waals surface area contributed by atoms with Gasteiger partial charge in [-0.1, -0.05) is 23.7 Å². The van der Waals surface area contributed by atoms with Crippen molar-refractivity contribution in [2.24, 2.45) is 5.41 Å². The fourth-order valence-electron chi connectivity index (χ4n) is 3.84. The molecule has 0 radical (unpaired) electrons. The molecular weight excluding hydrogens is 328 g/mol. The number of benzene rings is 1. The third-order valence-electron chi connectivity index (χ3n) is 5.40. The van der Waals surface area contributed by atoms with Gasteiger partial charge in [0.1, 0.15) is 0 Å². The van der Waals surface area contributed by atoms with Gasteiger partial charge in [-0.3, -0.25) is 9.59 Å². The molecule has 24 heavy (non-hydrogen) atoms. The van der Waals surface area contributed by atoms with E-state index in [1.165, 1.54) is 0 Å². The average molecular weight is 351 g/mol. The van der Waals surface area contributed by atoms with Gasteiger partial charge in [0.2, 0.25) is 5.91 Å². The summed E-state index contributed by atoms with van der Waals surface area (Å²) in [5, 5.41) is 10.8. The Morgan fingerprint density at radius 2 is 2.00 bits per heavy atom. The molecular formula is C18H23ClN2O3. The monoisotopic (exact) mass is 350 g/mol. The Balaban J connectivity index is 1.62. The van der Waals surface area contributed by atoms with Gasteiger partial charge in [-0.15, -0.1) is 0 Å². The number of aliphatic hydroxyl groups excluding tert-OH is 1. The molecule has 2 amide bonds. The second kappa shape index (κ2) is 6.73. The van der Waals surface area contributed by atoms with Crippen LogP contribution in [0.3, 0.4) is 0 Å². The van der Waals surface area contributed by atoms with E-state index in [-0.39, 0.29) is 17.2 Å². The molecule has 0 unspecified atom stereocenters. The minimum atomic E-state index is -1.17. The number of hydrogen-bond acceptors (Lipinski definition) is 3. The fourth-order valence-corrected chi connectivity index (χ4v) is 4.03. The topological polar surface area (TPSA) is 60.9 Å². The van der Waals surface area contributed by atoms with Gasteiger partial charge in [0.15, 0.2) is 6.10 Å². The molecule has 0 saturated carbocycles. The molecule has 3 rings (SSSR count). The lowest BCUT2D eigenvalue weighted by molar-refractivity contribution is -0.146. The van der Waals surface area contributed by atoms with E-state index < -0.39 is 6.10 Å². The van der Waals surface area contributed by atoms with Crippen molar-refractivity contribution in [1.82, 2.24) is 9.80 Å². The highest BCUT2D eigenvalue weighted by Gasteiger charge is 2.41. The third-order valence-corrected chi connectivity index (χ3v) is 5.64. The summed E-state index contributed by atoms with van der Waals surface area (Å²) in [6.45, 7) is 2.02. The van der Waals surface area contributed by atoms with Gasteiger partial charge in [0, 0.05) is 38.1 Å². The minimum Gasteiger partial charge on any atom is -0.378 e. The standard InChI is InChI=1S/C18H23ClN2O3/c1-20-12-18(6-5-15(20)22)7-9-21(10-8-18)17(24)16(23)13-3-2-4-14(19)11-13/h2-4,11,16,23H,5-10,12H2,1H3/t16-/m0/s1. The molecule has 0 aliphatic carbocycles. The molecule has 0 aromatic heterocycles. The van der Waals surface area contributed by atoms with E-state index in [1.54, 1.807) is 29.2 Å². The number of aliphatic hydroxyl groups is 1. The first-order valence-corrected chi connectivity index (χ1v) is 8.74. The second-order valence-electron chi connectivity index (χ2n) is 7.03. The van der Waals surface area contributed by atoms with Crippen molar-refractivity contribution in [3.63, 3.8) is 0 Å². The summed E-state index contributed by atoms with van der Waals surface area (Å²) in [6, 6.07) is 6.78. The molecule has 1 aromatic rings. The predicted molar refractivity (Wildman–Crippen MR) is 91.5 cm³/mol. The highest BCUT2D eigenvalue weighted by atomic mass is 35.5. The quantitative estimate of drug-likeness (QED) is 0.889. The Kier molecular flexibility index (Phi) is 4.83. The maximum Gasteiger partial charge on any atom is 0.256 e. The molecule has 2 saturated heterocycles. The van der Waals surface area contributed by atoms with Crippen molar-refractivity contribution in [3.05, 3.63) is 34.9 Å². The van der Waals surface area contributed by atoms with E-state index in [0.29, 0.717) is 30.1 Å². The molecule has 6 heteroatoms. The van der Waals surface area contributed by atoms with Crippen LogP contribution in [-0.2, 0) is 9.59 Å². The zero-order valence-electron chi connectivity index (χ0n) is 13.9. The van der Waals surface area contributed by atoms with E-state index in [9.17, 15) is 14.7 Å². The van der Waals surface area contributed by atoms with Gasteiger partial charge in [0.25, 0.3) is 5.91 Å². The molecule has 2 heterocycles. The maximum absolute atomic E-state index is 12.6. The average Bonchev–Trinajstić information content (AvgIpc) is 2.58. The smallest absolute Gasteiger partial charge is 0.256 e. The van der Waals surface area contributed by atoms with Crippen LogP contribution in [0.5, 0.6) is 0 Å². The first-order valence-electron chi connectivity index (χ1n) is 8.37. The molecule has 1 atom stereocenters. The van der Waals surface area contributed by atoms with Crippen LogP contribution < -0.4 is 0 Å². The Morgan fingerprint density at radius 3 is 2.62 bits per heavy atom. The molecule has 2 fully saturated rings. The lowest BCUT2D eigenvalue weighted by Crippen LogP contribution is -2.51. The summed E-state index contributed by atoms with van der Waals surface area (Å²) in [5.41, 5.74) is 0.649. The Labute approximate surface area is 147 Å². The normalized spacial score (nSPS) is 21.9. The van der Waals surface area contributed by atoms with Gasteiger partial charge in [-0.2, -0.15) is 0 Å². The van der Waals surface area contributed by atoms with Crippen molar-refractivity contribution >= 4 is 23.4 Å². The molecule has 130 valence electrons. The molecule has 0 bridgehead atoms. The maximum atomic E-state index is 12.6. The molecule has 2 aliphatic heterocycles. The first kappa shape index (κ1) is 17.2. The van der Waals surface area contributed by atoms with Gasteiger partial charge in [0.05, 0.1) is 0 Å². The van der Waals surface area contributed by atoms with Crippen LogP contribution in [-0.4, -0.2) is 53.4 Å². The van der Waals surface area contributed by atoms with E-state index in [2.05, 4.69) is 0 Å². The highest BCUT2D eigenvalue weighted by Crippen LogP contribution is 2.40. The van der Waals surface area contributed by atoms with E-state index in [1.807, 2.05) is 11.9 Å². The van der Waals surface area contributed by atoms with Crippen LogP contribution >= 0.6 is 11.6 Å². The van der Waals surface area contributed by atoms with Gasteiger partial charge >= 0.3 is 0 Å². The zero-order chi connectivity index (χ0) is 17.3. The van der Waals surface area contributed by atoms with Gasteiger partial charge in [-0.05, 0) is 42.4 Å². The van der Waals surface area contributed by atoms with E-state index in [0.717, 1.165) is 25.8 Å². The van der Waals surface area contributed by atoms with Crippen molar-refractivity contribution in [2.75, 3.05) is 26.7 Å². The summed E-state index contributed by atoms with van der Waals surface area (Å²) >= 11 is 5.93. The number of piperidine rings is 2. The fraction of sp³-hybridized carbons (Fsp3) is 0.556. The van der Waals surface area contributed by atoms with Gasteiger partial charge < -0.3 is 14.9 Å². The summed E-state index contributed by atoms with van der Waals surface area (Å²) in [6.07, 6.45) is 2.07. The van der Waals surface area contributed by atoms with Crippen molar-refractivity contribution < 1.29 is 14.7 Å². The molecule has 2 aliphatic rings. The predicted octanol–water partition coefficient (Wildman–Crippen LogP) is 2.23. The summed E-state index contributed by atoms with van der Waals surface area (Å²) in [4.78, 5) is 27.8. The lowest BCUT2D eigenvalue weighted by Gasteiger charge is -2.46. The molecule has 5 nitrogen and oxygen atoms in total. The van der Waals surface area contributed by atoms with Crippen LogP contribution in [0.25, 0.3) is 0 Å². The number of likely N-dealkylation sites (tertiary alicyclic amines) is 2. The second-order valence-corrected chi connectivity index (χ2v) is 7.47. The van der Waals surface area contributed by atoms with Crippen LogP contribution in [0.2, 0.25) is 5.02 Å². The van der Waals surface area contributed by atoms with Crippen LogP contribution in [0.1, 0.15) is 37.4 Å². The van der Waals surface area contributed by atoms with Gasteiger partial charge in [-0.25, -0.2) is 0 Å². The third kappa shape index (κ3) is 3.42. The van der Waals surface area contributed by atoms with Crippen LogP contribution in [0, 0.1) is 5.41 Å². The number of rotatable bonds is 2. The van der Waals surface area contributed by atoms with Crippen LogP contribution in [0.15, 0.2) is 24.3 Å². The van der Waals surface area contributed by atoms with E-state index in [4.69, 9.17) is 11.6 Å². The molecule has 1 N–H and O–H groups in total. The Bertz CT molecular complexity index is 641. The summed E-state index contributed by atoms with van der Waals surface area (Å²) in [7, 11) is 1.85. The zero-order valence-corrected chi connectivity index (χ0v) is 14.6.